The van der Waals surface area contributed by atoms with Gasteiger partial charge in [-0.25, -0.2) is 4.98 Å². The fourth-order valence-electron chi connectivity index (χ4n) is 2.14. The Hall–Kier alpha value is -0.610. The molecule has 1 aromatic heterocycles. The summed E-state index contributed by atoms with van der Waals surface area (Å²) >= 11 is 1.54. The van der Waals surface area contributed by atoms with Crippen molar-refractivity contribution in [3.8, 4) is 0 Å². The quantitative estimate of drug-likeness (QED) is 0.853. The summed E-state index contributed by atoms with van der Waals surface area (Å²) in [7, 11) is 0. The Bertz CT molecular complexity index is 313. The predicted octanol–water partition coefficient (Wildman–Crippen LogP) is 1.86. The summed E-state index contributed by atoms with van der Waals surface area (Å²) in [6, 6.07) is 0. The second kappa shape index (κ2) is 4.49. The first-order valence-corrected chi connectivity index (χ1v) is 6.45. The molecule has 0 amide bonds. The molecule has 2 N–H and O–H groups in total. The van der Waals surface area contributed by atoms with Gasteiger partial charge in [0.05, 0.1) is 5.69 Å². The van der Waals surface area contributed by atoms with Crippen LogP contribution in [0.25, 0.3) is 0 Å². The summed E-state index contributed by atoms with van der Waals surface area (Å²) in [4.78, 5) is 6.81. The summed E-state index contributed by atoms with van der Waals surface area (Å²) < 4.78 is 0. The number of nitrogens with zero attached hydrogens (tertiary/aromatic N) is 2. The molecule has 1 aromatic rings. The highest BCUT2D eigenvalue weighted by Gasteiger charge is 2.25. The third-order valence-corrected chi connectivity index (χ3v) is 4.04. The molecule has 1 aliphatic heterocycles. The molecule has 1 aliphatic rings. The third-order valence-electron chi connectivity index (χ3n) is 3.32. The lowest BCUT2D eigenvalue weighted by Gasteiger charge is -2.13. The number of hydrogen-bond acceptors (Lipinski definition) is 4. The van der Waals surface area contributed by atoms with Gasteiger partial charge in [0.15, 0.2) is 5.13 Å². The van der Waals surface area contributed by atoms with Gasteiger partial charge in [0, 0.05) is 31.4 Å². The van der Waals surface area contributed by atoms with E-state index in [1.807, 2.05) is 0 Å². The average Bonchev–Trinajstić information content (AvgIpc) is 2.72. The number of thiazole rings is 1. The number of nitrogens with two attached hydrogens (primary N) is 1. The van der Waals surface area contributed by atoms with Gasteiger partial charge in [-0.3, -0.25) is 0 Å². The minimum absolute atomic E-state index is 0.688. The molecule has 0 aromatic carbocycles. The SMILES string of the molecule is CC1CN(CCc2csc(N)n2)CC1C. The zero-order chi connectivity index (χ0) is 10.8. The second-order valence-electron chi connectivity index (χ2n) is 4.64. The molecule has 84 valence electrons. The fourth-order valence-corrected chi connectivity index (χ4v) is 2.74. The van der Waals surface area contributed by atoms with Crippen LogP contribution in [0, 0.1) is 11.8 Å². The van der Waals surface area contributed by atoms with Gasteiger partial charge in [0.2, 0.25) is 0 Å². The van der Waals surface area contributed by atoms with E-state index in [1.54, 1.807) is 0 Å². The van der Waals surface area contributed by atoms with Crippen molar-refractivity contribution in [2.75, 3.05) is 25.4 Å². The molecule has 2 heterocycles. The Labute approximate surface area is 95.3 Å². The Balaban J connectivity index is 1.79. The van der Waals surface area contributed by atoms with E-state index in [1.165, 1.54) is 24.4 Å². The number of likely N-dealkylation sites (tertiary alicyclic amines) is 1. The third kappa shape index (κ3) is 2.69. The van der Waals surface area contributed by atoms with Crippen molar-refractivity contribution in [1.29, 1.82) is 0 Å². The van der Waals surface area contributed by atoms with Gasteiger partial charge >= 0.3 is 0 Å². The van der Waals surface area contributed by atoms with Crippen LogP contribution >= 0.6 is 11.3 Å². The van der Waals surface area contributed by atoms with E-state index in [9.17, 15) is 0 Å². The first-order valence-electron chi connectivity index (χ1n) is 5.57. The maximum Gasteiger partial charge on any atom is 0.180 e. The topological polar surface area (TPSA) is 42.1 Å². The number of hydrogen-bond donors (Lipinski definition) is 1. The van der Waals surface area contributed by atoms with Gasteiger partial charge in [-0.15, -0.1) is 11.3 Å². The summed E-state index contributed by atoms with van der Waals surface area (Å²) in [6.07, 6.45) is 1.03. The van der Waals surface area contributed by atoms with E-state index in [-0.39, 0.29) is 0 Å². The number of aromatic nitrogens is 1. The van der Waals surface area contributed by atoms with Crippen molar-refractivity contribution in [3.05, 3.63) is 11.1 Å². The smallest absolute Gasteiger partial charge is 0.180 e. The molecule has 0 spiro atoms. The Morgan fingerprint density at radius 2 is 2.13 bits per heavy atom. The molecule has 15 heavy (non-hydrogen) atoms. The monoisotopic (exact) mass is 225 g/mol. The van der Waals surface area contributed by atoms with Gasteiger partial charge < -0.3 is 10.6 Å². The summed E-state index contributed by atoms with van der Waals surface area (Å²) in [5, 5.41) is 2.76. The summed E-state index contributed by atoms with van der Waals surface area (Å²) in [6.45, 7) is 8.27. The zero-order valence-corrected chi connectivity index (χ0v) is 10.3. The molecule has 0 saturated carbocycles. The molecular formula is C11H19N3S. The van der Waals surface area contributed by atoms with Crippen LogP contribution in [-0.2, 0) is 6.42 Å². The number of rotatable bonds is 3. The molecule has 1 saturated heterocycles. The summed E-state index contributed by atoms with van der Waals surface area (Å²) in [5.41, 5.74) is 6.74. The van der Waals surface area contributed by atoms with E-state index >= 15 is 0 Å². The maximum atomic E-state index is 5.60. The molecule has 3 nitrogen and oxygen atoms in total. The van der Waals surface area contributed by atoms with Gasteiger partial charge in [-0.1, -0.05) is 13.8 Å². The van der Waals surface area contributed by atoms with Crippen molar-refractivity contribution in [3.63, 3.8) is 0 Å². The van der Waals surface area contributed by atoms with Gasteiger partial charge in [0.25, 0.3) is 0 Å². The highest BCUT2D eigenvalue weighted by atomic mass is 32.1. The van der Waals surface area contributed by atoms with E-state index in [0.29, 0.717) is 5.13 Å². The molecular weight excluding hydrogens is 206 g/mol. The van der Waals surface area contributed by atoms with Crippen molar-refractivity contribution in [2.45, 2.75) is 20.3 Å². The van der Waals surface area contributed by atoms with Crippen LogP contribution < -0.4 is 5.73 Å². The summed E-state index contributed by atoms with van der Waals surface area (Å²) in [5.74, 6) is 1.68. The Morgan fingerprint density at radius 3 is 2.67 bits per heavy atom. The molecule has 2 rings (SSSR count). The minimum Gasteiger partial charge on any atom is -0.375 e. The van der Waals surface area contributed by atoms with E-state index in [0.717, 1.165) is 30.5 Å². The predicted molar refractivity (Wildman–Crippen MR) is 65.0 cm³/mol. The van der Waals surface area contributed by atoms with Crippen molar-refractivity contribution in [1.82, 2.24) is 9.88 Å². The largest absolute Gasteiger partial charge is 0.375 e. The molecule has 4 heteroatoms. The molecule has 0 bridgehead atoms. The van der Waals surface area contributed by atoms with Crippen molar-refractivity contribution in [2.24, 2.45) is 11.8 Å². The lowest BCUT2D eigenvalue weighted by molar-refractivity contribution is 0.327. The van der Waals surface area contributed by atoms with Crippen LogP contribution in [0.1, 0.15) is 19.5 Å². The van der Waals surface area contributed by atoms with E-state index in [4.69, 9.17) is 5.73 Å². The standard InChI is InChI=1S/C11H19N3S/c1-8-5-14(6-9(8)2)4-3-10-7-15-11(12)13-10/h7-9H,3-6H2,1-2H3,(H2,12,13). The second-order valence-corrected chi connectivity index (χ2v) is 5.53. The van der Waals surface area contributed by atoms with Gasteiger partial charge in [-0.2, -0.15) is 0 Å². The van der Waals surface area contributed by atoms with Crippen LogP contribution in [-0.4, -0.2) is 29.5 Å². The molecule has 0 radical (unpaired) electrons. The molecule has 2 atom stereocenters. The van der Waals surface area contributed by atoms with Crippen LogP contribution in [0.3, 0.4) is 0 Å². The zero-order valence-electron chi connectivity index (χ0n) is 9.44. The normalized spacial score (nSPS) is 27.3. The lowest BCUT2D eigenvalue weighted by Crippen LogP contribution is -2.23. The van der Waals surface area contributed by atoms with Crippen LogP contribution in [0.4, 0.5) is 5.13 Å². The first-order chi connectivity index (χ1) is 7.15. The van der Waals surface area contributed by atoms with Gasteiger partial charge in [0.1, 0.15) is 0 Å². The first kappa shape index (κ1) is 10.9. The minimum atomic E-state index is 0.688. The van der Waals surface area contributed by atoms with Crippen LogP contribution in [0.5, 0.6) is 0 Å². The van der Waals surface area contributed by atoms with E-state index in [2.05, 4.69) is 29.1 Å². The van der Waals surface area contributed by atoms with Crippen LogP contribution in [0.15, 0.2) is 5.38 Å². The molecule has 2 unspecified atom stereocenters. The fraction of sp³-hybridized carbons (Fsp3) is 0.727. The number of nitrogen functional groups attached to an aromatic ring is 1. The maximum absolute atomic E-state index is 5.60. The number of anilines is 1. The average molecular weight is 225 g/mol. The highest BCUT2D eigenvalue weighted by molar-refractivity contribution is 7.13. The van der Waals surface area contributed by atoms with Gasteiger partial charge in [-0.05, 0) is 11.8 Å². The van der Waals surface area contributed by atoms with Crippen molar-refractivity contribution < 1.29 is 0 Å². The lowest BCUT2D eigenvalue weighted by atomic mass is 10.0. The highest BCUT2D eigenvalue weighted by Crippen LogP contribution is 2.22. The molecule has 0 aliphatic carbocycles. The Morgan fingerprint density at radius 1 is 1.47 bits per heavy atom. The van der Waals surface area contributed by atoms with Crippen molar-refractivity contribution >= 4 is 16.5 Å². The Kier molecular flexibility index (Phi) is 3.26. The molecule has 1 fully saturated rings. The van der Waals surface area contributed by atoms with E-state index < -0.39 is 0 Å². The van der Waals surface area contributed by atoms with Crippen LogP contribution in [0.2, 0.25) is 0 Å².